The average molecular weight is 299 g/mol. The Morgan fingerprint density at radius 2 is 1.86 bits per heavy atom. The first-order valence-electron chi connectivity index (χ1n) is 7.81. The molecule has 4 heteroatoms. The van der Waals surface area contributed by atoms with Gasteiger partial charge in [0.1, 0.15) is 5.75 Å². The molecule has 4 nitrogen and oxygen atoms in total. The molecule has 1 aliphatic rings. The first-order chi connectivity index (χ1) is 10.8. The molecule has 0 atom stereocenters. The maximum absolute atomic E-state index is 12.0. The van der Waals surface area contributed by atoms with E-state index >= 15 is 0 Å². The van der Waals surface area contributed by atoms with Crippen LogP contribution in [0.3, 0.4) is 0 Å². The number of carbonyl (C=O) groups excluding carboxylic acids is 1. The summed E-state index contributed by atoms with van der Waals surface area (Å²) < 4.78 is 11.1. The molecule has 0 N–H and O–H groups in total. The summed E-state index contributed by atoms with van der Waals surface area (Å²) >= 11 is 0. The minimum Gasteiger partial charge on any atom is -0.493 e. The summed E-state index contributed by atoms with van der Waals surface area (Å²) in [5.41, 5.74) is 0. The van der Waals surface area contributed by atoms with Crippen LogP contribution in [0, 0.1) is 0 Å². The van der Waals surface area contributed by atoms with Gasteiger partial charge in [-0.3, -0.25) is 4.79 Å². The molecule has 0 aromatic heterocycles. The van der Waals surface area contributed by atoms with Gasteiger partial charge in [-0.05, 0) is 17.9 Å². The van der Waals surface area contributed by atoms with Crippen LogP contribution in [0.25, 0.3) is 10.8 Å². The van der Waals surface area contributed by atoms with Crippen LogP contribution in [-0.2, 0) is 9.53 Å². The zero-order chi connectivity index (χ0) is 15.2. The van der Waals surface area contributed by atoms with Gasteiger partial charge in [0.25, 0.3) is 0 Å². The van der Waals surface area contributed by atoms with Gasteiger partial charge in [0.2, 0.25) is 5.91 Å². The van der Waals surface area contributed by atoms with Crippen LogP contribution < -0.4 is 4.74 Å². The molecule has 1 heterocycles. The zero-order valence-corrected chi connectivity index (χ0v) is 12.7. The summed E-state index contributed by atoms with van der Waals surface area (Å²) in [6, 6.07) is 14.2. The molecule has 22 heavy (non-hydrogen) atoms. The Labute approximate surface area is 130 Å². The van der Waals surface area contributed by atoms with Crippen molar-refractivity contribution in [2.75, 3.05) is 32.9 Å². The molecule has 1 saturated heterocycles. The van der Waals surface area contributed by atoms with Gasteiger partial charge < -0.3 is 14.4 Å². The number of carbonyl (C=O) groups is 1. The minimum absolute atomic E-state index is 0.199. The molecule has 116 valence electrons. The van der Waals surface area contributed by atoms with Crippen LogP contribution in [0.4, 0.5) is 0 Å². The van der Waals surface area contributed by atoms with Crippen molar-refractivity contribution in [3.05, 3.63) is 42.5 Å². The van der Waals surface area contributed by atoms with Crippen molar-refractivity contribution in [3.8, 4) is 5.75 Å². The van der Waals surface area contributed by atoms with E-state index in [9.17, 15) is 4.79 Å². The Hall–Kier alpha value is -2.07. The predicted octanol–water partition coefficient (Wildman–Crippen LogP) is 2.86. The van der Waals surface area contributed by atoms with E-state index in [1.165, 1.54) is 5.39 Å². The van der Waals surface area contributed by atoms with Crippen molar-refractivity contribution in [1.82, 2.24) is 4.90 Å². The topological polar surface area (TPSA) is 38.8 Å². The van der Waals surface area contributed by atoms with E-state index in [0.29, 0.717) is 39.3 Å². The van der Waals surface area contributed by atoms with E-state index in [-0.39, 0.29) is 5.91 Å². The summed E-state index contributed by atoms with van der Waals surface area (Å²) in [4.78, 5) is 13.9. The van der Waals surface area contributed by atoms with Crippen molar-refractivity contribution in [2.45, 2.75) is 12.8 Å². The third-order valence-electron chi connectivity index (χ3n) is 3.91. The molecule has 0 radical (unpaired) electrons. The molecular weight excluding hydrogens is 278 g/mol. The lowest BCUT2D eigenvalue weighted by Gasteiger charge is -2.26. The lowest BCUT2D eigenvalue weighted by atomic mass is 10.1. The summed E-state index contributed by atoms with van der Waals surface area (Å²) in [6.07, 6.45) is 1.27. The van der Waals surface area contributed by atoms with Gasteiger partial charge in [0.15, 0.2) is 0 Å². The van der Waals surface area contributed by atoms with Crippen molar-refractivity contribution in [2.24, 2.45) is 0 Å². The average Bonchev–Trinajstić information content (AvgIpc) is 2.59. The van der Waals surface area contributed by atoms with E-state index in [1.807, 2.05) is 29.2 Å². The van der Waals surface area contributed by atoms with E-state index in [2.05, 4.69) is 18.2 Å². The molecular formula is C18H21NO3. The van der Waals surface area contributed by atoms with Crippen LogP contribution in [-0.4, -0.2) is 43.7 Å². The van der Waals surface area contributed by atoms with Crippen LogP contribution in [0.1, 0.15) is 12.8 Å². The highest BCUT2D eigenvalue weighted by atomic mass is 16.5. The largest absolute Gasteiger partial charge is 0.493 e. The van der Waals surface area contributed by atoms with Crippen molar-refractivity contribution in [3.63, 3.8) is 0 Å². The fourth-order valence-electron chi connectivity index (χ4n) is 2.70. The normalized spacial score (nSPS) is 15.0. The Morgan fingerprint density at radius 3 is 2.73 bits per heavy atom. The summed E-state index contributed by atoms with van der Waals surface area (Å²) in [6.45, 7) is 3.28. The molecule has 1 amide bonds. The van der Waals surface area contributed by atoms with Crippen LogP contribution in [0.15, 0.2) is 42.5 Å². The highest BCUT2D eigenvalue weighted by molar-refractivity contribution is 5.88. The SMILES string of the molecule is O=C(CCCOc1cccc2ccccc12)N1CCOCC1. The predicted molar refractivity (Wildman–Crippen MR) is 86.1 cm³/mol. The van der Waals surface area contributed by atoms with Gasteiger partial charge in [-0.1, -0.05) is 36.4 Å². The number of amides is 1. The lowest BCUT2D eigenvalue weighted by molar-refractivity contribution is -0.135. The third-order valence-corrected chi connectivity index (χ3v) is 3.91. The number of fused-ring (bicyclic) bond motifs is 1. The summed E-state index contributed by atoms with van der Waals surface area (Å²) in [5, 5.41) is 2.29. The molecule has 1 fully saturated rings. The maximum Gasteiger partial charge on any atom is 0.222 e. The smallest absolute Gasteiger partial charge is 0.222 e. The van der Waals surface area contributed by atoms with E-state index in [0.717, 1.165) is 17.6 Å². The Morgan fingerprint density at radius 1 is 1.09 bits per heavy atom. The maximum atomic E-state index is 12.0. The number of benzene rings is 2. The number of morpholine rings is 1. The molecule has 0 saturated carbocycles. The quantitative estimate of drug-likeness (QED) is 0.797. The van der Waals surface area contributed by atoms with Crippen molar-refractivity contribution < 1.29 is 14.3 Å². The summed E-state index contributed by atoms with van der Waals surface area (Å²) in [7, 11) is 0. The van der Waals surface area contributed by atoms with Crippen LogP contribution in [0.2, 0.25) is 0 Å². The Kier molecular flexibility index (Phi) is 4.91. The monoisotopic (exact) mass is 299 g/mol. The molecule has 0 bridgehead atoms. The van der Waals surface area contributed by atoms with Crippen LogP contribution in [0.5, 0.6) is 5.75 Å². The summed E-state index contributed by atoms with van der Waals surface area (Å²) in [5.74, 6) is 1.08. The second-order valence-electron chi connectivity index (χ2n) is 5.42. The molecule has 2 aromatic rings. The van der Waals surface area contributed by atoms with Gasteiger partial charge >= 0.3 is 0 Å². The van der Waals surface area contributed by atoms with Crippen LogP contribution >= 0.6 is 0 Å². The number of ether oxygens (including phenoxy) is 2. The standard InChI is InChI=1S/C18H21NO3/c20-18(19-10-13-21-14-11-19)9-4-12-22-17-8-3-6-15-5-1-2-7-16(15)17/h1-3,5-8H,4,9-14H2. The molecule has 3 rings (SSSR count). The number of nitrogens with zero attached hydrogens (tertiary/aromatic N) is 1. The Balaban J connectivity index is 1.49. The first-order valence-corrected chi connectivity index (χ1v) is 7.81. The molecule has 2 aromatic carbocycles. The number of hydrogen-bond acceptors (Lipinski definition) is 3. The van der Waals surface area contributed by atoms with Crippen molar-refractivity contribution in [1.29, 1.82) is 0 Å². The number of rotatable bonds is 5. The van der Waals surface area contributed by atoms with E-state index in [1.54, 1.807) is 0 Å². The lowest BCUT2D eigenvalue weighted by Crippen LogP contribution is -2.40. The first kappa shape index (κ1) is 14.9. The highest BCUT2D eigenvalue weighted by Crippen LogP contribution is 2.25. The number of hydrogen-bond donors (Lipinski definition) is 0. The molecule has 1 aliphatic heterocycles. The highest BCUT2D eigenvalue weighted by Gasteiger charge is 2.16. The van der Waals surface area contributed by atoms with E-state index < -0.39 is 0 Å². The van der Waals surface area contributed by atoms with Gasteiger partial charge in [0, 0.05) is 24.9 Å². The zero-order valence-electron chi connectivity index (χ0n) is 12.7. The van der Waals surface area contributed by atoms with Gasteiger partial charge in [-0.15, -0.1) is 0 Å². The van der Waals surface area contributed by atoms with Gasteiger partial charge in [-0.25, -0.2) is 0 Å². The molecule has 0 spiro atoms. The van der Waals surface area contributed by atoms with Gasteiger partial charge in [-0.2, -0.15) is 0 Å². The fraction of sp³-hybridized carbons (Fsp3) is 0.389. The second-order valence-corrected chi connectivity index (χ2v) is 5.42. The van der Waals surface area contributed by atoms with E-state index in [4.69, 9.17) is 9.47 Å². The van der Waals surface area contributed by atoms with Crippen molar-refractivity contribution >= 4 is 16.7 Å². The molecule has 0 unspecified atom stereocenters. The molecule has 0 aliphatic carbocycles. The third kappa shape index (κ3) is 3.57. The fourth-order valence-corrected chi connectivity index (χ4v) is 2.70. The second kappa shape index (κ2) is 7.27. The minimum atomic E-state index is 0.199. The Bertz CT molecular complexity index is 630. The van der Waals surface area contributed by atoms with Gasteiger partial charge in [0.05, 0.1) is 19.8 Å².